The Balaban J connectivity index is 2.64. The molecule has 2 heterocycles. The van der Waals surface area contributed by atoms with Gasteiger partial charge in [-0.1, -0.05) is 0 Å². The van der Waals surface area contributed by atoms with E-state index < -0.39 is 46.2 Å². The summed E-state index contributed by atoms with van der Waals surface area (Å²) in [6, 6.07) is 0. The van der Waals surface area contributed by atoms with Crippen LogP contribution in [0.2, 0.25) is 0 Å². The maximum Gasteiger partial charge on any atom is 0.330 e. The van der Waals surface area contributed by atoms with Crippen LogP contribution in [0.5, 0.6) is 0 Å². The van der Waals surface area contributed by atoms with Crippen LogP contribution in [0.3, 0.4) is 0 Å². The second-order valence-electron chi connectivity index (χ2n) is 4.82. The standard InChI is InChI=1S/C9H7B3F2N2O6/c10-8(16-1-2(13)5(19)15-6(16)20)4(18)3(17)7(14,22-8)9(11,12)21/h1,3-4,17-18,21H,(H,15,19,20)/t3-,4+,7-,8-/m0/s1. The average molecular weight is 310 g/mol. The lowest BCUT2D eigenvalue weighted by atomic mass is 9.59. The van der Waals surface area contributed by atoms with Crippen molar-refractivity contribution in [2.24, 2.45) is 0 Å². The summed E-state index contributed by atoms with van der Waals surface area (Å²) in [5.74, 6) is -5.21. The molecule has 1 aliphatic heterocycles. The van der Waals surface area contributed by atoms with Crippen molar-refractivity contribution in [3.05, 3.63) is 32.9 Å². The van der Waals surface area contributed by atoms with Gasteiger partial charge in [-0.05, 0) is 0 Å². The summed E-state index contributed by atoms with van der Waals surface area (Å²) in [5, 5.41) is 25.5. The molecule has 8 nitrogen and oxygen atoms in total. The molecule has 0 unspecified atom stereocenters. The van der Waals surface area contributed by atoms with E-state index in [9.17, 15) is 33.7 Å². The third-order valence-corrected chi connectivity index (χ3v) is 3.24. The fraction of sp³-hybridized carbons (Fsp3) is 0.556. The van der Waals surface area contributed by atoms with Crippen LogP contribution < -0.4 is 11.2 Å². The number of nitrogens with one attached hydrogen (secondary N) is 1. The van der Waals surface area contributed by atoms with Crippen LogP contribution in [0, 0.1) is 5.82 Å². The highest BCUT2D eigenvalue weighted by molar-refractivity contribution is 6.39. The van der Waals surface area contributed by atoms with Gasteiger partial charge in [-0.2, -0.15) is 4.39 Å². The van der Waals surface area contributed by atoms with Crippen molar-refractivity contribution in [3.63, 3.8) is 0 Å². The lowest BCUT2D eigenvalue weighted by molar-refractivity contribution is -0.243. The van der Waals surface area contributed by atoms with Gasteiger partial charge in [-0.25, -0.2) is 9.18 Å². The molecule has 0 spiro atoms. The molecule has 22 heavy (non-hydrogen) atoms. The van der Waals surface area contributed by atoms with E-state index in [1.807, 2.05) is 0 Å². The zero-order chi connectivity index (χ0) is 17.1. The number of H-pyrrole nitrogens is 1. The van der Waals surface area contributed by atoms with Crippen LogP contribution in [0.4, 0.5) is 8.78 Å². The molecule has 6 radical (unpaired) electrons. The highest BCUT2D eigenvalue weighted by atomic mass is 19.2. The van der Waals surface area contributed by atoms with Gasteiger partial charge in [0.2, 0.25) is 5.82 Å². The smallest absolute Gasteiger partial charge is 0.330 e. The van der Waals surface area contributed by atoms with Gasteiger partial charge < -0.3 is 20.1 Å². The van der Waals surface area contributed by atoms with Crippen LogP contribution in [0.25, 0.3) is 0 Å². The predicted octanol–water partition coefficient (Wildman–Crippen LogP) is -4.14. The Morgan fingerprint density at radius 3 is 2.36 bits per heavy atom. The van der Waals surface area contributed by atoms with Gasteiger partial charge in [0.25, 0.3) is 11.4 Å². The molecule has 13 heteroatoms. The number of aromatic amines is 1. The van der Waals surface area contributed by atoms with E-state index in [-0.39, 0.29) is 10.8 Å². The Bertz CT molecular complexity index is 721. The summed E-state index contributed by atoms with van der Waals surface area (Å²) in [4.78, 5) is 24.1. The normalized spacial score (nSPS) is 35.7. The van der Waals surface area contributed by atoms with Crippen molar-refractivity contribution in [1.82, 2.24) is 9.55 Å². The van der Waals surface area contributed by atoms with Crippen molar-refractivity contribution >= 4 is 23.5 Å². The highest BCUT2D eigenvalue weighted by Gasteiger charge is 2.66. The molecule has 1 fully saturated rings. The molecule has 4 atom stereocenters. The Hall–Kier alpha value is -1.43. The third kappa shape index (κ3) is 2.16. The van der Waals surface area contributed by atoms with Crippen molar-refractivity contribution in [3.8, 4) is 0 Å². The molecule has 1 aromatic heterocycles. The van der Waals surface area contributed by atoms with E-state index in [0.717, 1.165) is 0 Å². The zero-order valence-electron chi connectivity index (χ0n) is 10.7. The number of aliphatic hydroxyl groups excluding tert-OH is 2. The monoisotopic (exact) mass is 310 g/mol. The van der Waals surface area contributed by atoms with Crippen LogP contribution >= 0.6 is 0 Å². The van der Waals surface area contributed by atoms with E-state index in [0.29, 0.717) is 0 Å². The fourth-order valence-electron chi connectivity index (χ4n) is 2.01. The largest absolute Gasteiger partial charge is 0.403 e. The number of hydrogen-bond acceptors (Lipinski definition) is 6. The fourth-order valence-corrected chi connectivity index (χ4v) is 2.01. The van der Waals surface area contributed by atoms with Crippen LogP contribution in [0.1, 0.15) is 0 Å². The first kappa shape index (κ1) is 16.9. The summed E-state index contributed by atoms with van der Waals surface area (Å²) < 4.78 is 32.3. The quantitative estimate of drug-likeness (QED) is 0.411. The Labute approximate surface area is 125 Å². The molecular weight excluding hydrogens is 303 g/mol. The van der Waals surface area contributed by atoms with Gasteiger partial charge >= 0.3 is 5.69 Å². The van der Waals surface area contributed by atoms with Crippen molar-refractivity contribution in [2.75, 3.05) is 0 Å². The Morgan fingerprint density at radius 2 is 1.91 bits per heavy atom. The van der Waals surface area contributed by atoms with Crippen LogP contribution in [-0.4, -0.2) is 71.9 Å². The molecule has 0 bridgehead atoms. The molecule has 1 aromatic rings. The first-order valence-electron chi connectivity index (χ1n) is 5.71. The topological polar surface area (TPSA) is 125 Å². The van der Waals surface area contributed by atoms with Gasteiger partial charge in [0.15, 0.2) is 0 Å². The van der Waals surface area contributed by atoms with Crippen LogP contribution in [0.15, 0.2) is 15.8 Å². The lowest BCUT2D eigenvalue weighted by Gasteiger charge is -2.37. The molecule has 0 aliphatic carbocycles. The average Bonchev–Trinajstić information content (AvgIpc) is 2.56. The lowest BCUT2D eigenvalue weighted by Crippen LogP contribution is -2.59. The van der Waals surface area contributed by atoms with Crippen LogP contribution in [-0.2, 0) is 10.4 Å². The van der Waals surface area contributed by atoms with E-state index in [4.69, 9.17) is 23.5 Å². The molecule has 4 N–H and O–H groups in total. The Kier molecular flexibility index (Phi) is 3.68. The molecular formula is C9H7B3F2N2O6. The van der Waals surface area contributed by atoms with Gasteiger partial charge in [0.05, 0.1) is 6.20 Å². The number of nitrogens with zero attached hydrogens (tertiary/aromatic N) is 1. The summed E-state index contributed by atoms with van der Waals surface area (Å²) in [6.07, 6.45) is -4.78. The summed E-state index contributed by atoms with van der Waals surface area (Å²) in [5.41, 5.74) is -5.70. The SMILES string of the molecule is [B]C([B])(O)[C@@]1(F)O[C@@]([B])(n2cc(F)c(=O)[nH]c2=O)[C@H](O)[C@@H]1O. The van der Waals surface area contributed by atoms with E-state index >= 15 is 0 Å². The molecule has 2 rings (SSSR count). The number of halogens is 2. The van der Waals surface area contributed by atoms with Gasteiger partial charge in [0.1, 0.15) is 41.4 Å². The first-order chi connectivity index (χ1) is 9.84. The van der Waals surface area contributed by atoms with E-state index in [2.05, 4.69) is 4.74 Å². The number of hydrogen-bond donors (Lipinski definition) is 4. The number of aromatic nitrogens is 2. The van der Waals surface area contributed by atoms with Crippen molar-refractivity contribution < 1.29 is 28.8 Å². The second kappa shape index (κ2) is 4.78. The zero-order valence-corrected chi connectivity index (χ0v) is 10.7. The number of rotatable bonds is 2. The predicted molar refractivity (Wildman–Crippen MR) is 68.4 cm³/mol. The molecule has 1 aliphatic rings. The minimum absolute atomic E-state index is 0.0741. The number of ether oxygens (including phenoxy) is 1. The maximum atomic E-state index is 14.5. The third-order valence-electron chi connectivity index (χ3n) is 3.24. The Morgan fingerprint density at radius 1 is 1.36 bits per heavy atom. The second-order valence-corrected chi connectivity index (χ2v) is 4.82. The van der Waals surface area contributed by atoms with E-state index in [1.165, 1.54) is 4.98 Å². The van der Waals surface area contributed by atoms with E-state index in [1.54, 1.807) is 0 Å². The molecule has 112 valence electrons. The highest BCUT2D eigenvalue weighted by Crippen LogP contribution is 2.44. The summed E-state index contributed by atoms with van der Waals surface area (Å²) >= 11 is 0. The first-order valence-corrected chi connectivity index (χ1v) is 5.71. The van der Waals surface area contributed by atoms with Crippen molar-refractivity contribution in [1.29, 1.82) is 0 Å². The number of aliphatic hydroxyl groups is 3. The minimum Gasteiger partial charge on any atom is -0.403 e. The molecule has 1 saturated heterocycles. The van der Waals surface area contributed by atoms with Gasteiger partial charge in [-0.3, -0.25) is 14.3 Å². The molecule has 0 amide bonds. The summed E-state index contributed by atoms with van der Waals surface area (Å²) in [7, 11) is 15.3. The van der Waals surface area contributed by atoms with Crippen molar-refractivity contribution in [2.45, 2.75) is 29.1 Å². The molecule has 0 aromatic carbocycles. The molecule has 0 saturated carbocycles. The van der Waals surface area contributed by atoms with Gasteiger partial charge in [0, 0.05) is 5.40 Å². The maximum absolute atomic E-state index is 14.5. The minimum atomic E-state index is -3.70. The van der Waals surface area contributed by atoms with Gasteiger partial charge in [-0.15, -0.1) is 0 Å². The summed E-state index contributed by atoms with van der Waals surface area (Å²) in [6.45, 7) is 0. The number of alkyl halides is 1.